The Bertz CT molecular complexity index is 900. The van der Waals surface area contributed by atoms with Crippen LogP contribution in [-0.4, -0.2) is 33.4 Å². The summed E-state index contributed by atoms with van der Waals surface area (Å²) in [7, 11) is 0. The first kappa shape index (κ1) is 20.2. The van der Waals surface area contributed by atoms with Gasteiger partial charge in [-0.15, -0.1) is 10.2 Å². The van der Waals surface area contributed by atoms with E-state index in [0.717, 1.165) is 20.7 Å². The van der Waals surface area contributed by atoms with Gasteiger partial charge in [0.1, 0.15) is 0 Å². The summed E-state index contributed by atoms with van der Waals surface area (Å²) >= 11 is 10.4. The maximum Gasteiger partial charge on any atom is 0.230 e. The zero-order valence-electron chi connectivity index (χ0n) is 14.5. The van der Waals surface area contributed by atoms with E-state index in [4.69, 9.17) is 16.0 Å². The molecule has 142 valence electrons. The van der Waals surface area contributed by atoms with Crippen LogP contribution in [-0.2, 0) is 10.5 Å². The van der Waals surface area contributed by atoms with Gasteiger partial charge in [0.2, 0.25) is 11.8 Å². The van der Waals surface area contributed by atoms with Crippen LogP contribution in [0.25, 0.3) is 11.3 Å². The molecule has 1 N–H and O–H groups in total. The van der Waals surface area contributed by atoms with E-state index in [1.807, 2.05) is 31.2 Å². The number of benzene rings is 1. The summed E-state index contributed by atoms with van der Waals surface area (Å²) in [6.45, 7) is 2.72. The van der Waals surface area contributed by atoms with Gasteiger partial charge in [0.25, 0.3) is 0 Å². The summed E-state index contributed by atoms with van der Waals surface area (Å²) in [6, 6.07) is 7.45. The third kappa shape index (κ3) is 6.24. The fraction of sp³-hybridized carbons (Fsp3) is 0.294. The van der Waals surface area contributed by atoms with Crippen LogP contribution in [0.1, 0.15) is 19.2 Å². The van der Waals surface area contributed by atoms with Gasteiger partial charge in [-0.3, -0.25) is 4.79 Å². The largest absolute Gasteiger partial charge is 0.440 e. The Labute approximate surface area is 174 Å². The minimum atomic E-state index is 0.0135. The molecule has 27 heavy (non-hydrogen) atoms. The fourth-order valence-corrected chi connectivity index (χ4v) is 4.93. The number of thioether (sulfide) groups is 2. The molecule has 0 aliphatic carbocycles. The Morgan fingerprint density at radius 3 is 2.89 bits per heavy atom. The molecule has 0 atom stereocenters. The molecule has 3 rings (SSSR count). The number of nitrogens with zero attached hydrogens (tertiary/aromatic N) is 3. The molecule has 0 fully saturated rings. The molecule has 0 unspecified atom stereocenters. The Kier molecular flexibility index (Phi) is 7.57. The van der Waals surface area contributed by atoms with Crippen LogP contribution < -0.4 is 5.32 Å². The number of hydrogen-bond donors (Lipinski definition) is 1. The van der Waals surface area contributed by atoms with Gasteiger partial charge in [0.15, 0.2) is 14.4 Å². The van der Waals surface area contributed by atoms with Crippen molar-refractivity contribution in [1.29, 1.82) is 0 Å². The van der Waals surface area contributed by atoms with E-state index in [1.54, 1.807) is 6.20 Å². The first-order valence-electron chi connectivity index (χ1n) is 8.20. The van der Waals surface area contributed by atoms with Crippen molar-refractivity contribution in [2.45, 2.75) is 27.8 Å². The van der Waals surface area contributed by atoms with Crippen LogP contribution in [0.3, 0.4) is 0 Å². The van der Waals surface area contributed by atoms with E-state index in [0.29, 0.717) is 34.7 Å². The predicted octanol–water partition coefficient (Wildman–Crippen LogP) is 4.76. The summed E-state index contributed by atoms with van der Waals surface area (Å²) < 4.78 is 7.37. The molecule has 0 aliphatic heterocycles. The molecule has 0 saturated carbocycles. The van der Waals surface area contributed by atoms with Gasteiger partial charge in [0.05, 0.1) is 17.7 Å². The van der Waals surface area contributed by atoms with Crippen molar-refractivity contribution in [3.8, 4) is 11.3 Å². The van der Waals surface area contributed by atoms with Crippen LogP contribution in [0, 0.1) is 0 Å². The maximum atomic E-state index is 11.6. The molecule has 0 radical (unpaired) electrons. The van der Waals surface area contributed by atoms with Gasteiger partial charge in [-0.25, -0.2) is 4.98 Å². The normalized spacial score (nSPS) is 10.9. The van der Waals surface area contributed by atoms with E-state index < -0.39 is 0 Å². The Balaban J connectivity index is 1.49. The fourth-order valence-electron chi connectivity index (χ4n) is 2.03. The first-order valence-corrected chi connectivity index (χ1v) is 11.4. The van der Waals surface area contributed by atoms with E-state index in [9.17, 15) is 4.79 Å². The highest BCUT2D eigenvalue weighted by molar-refractivity contribution is 8.03. The van der Waals surface area contributed by atoms with E-state index >= 15 is 0 Å². The summed E-state index contributed by atoms with van der Waals surface area (Å²) in [4.78, 5) is 15.9. The lowest BCUT2D eigenvalue weighted by atomic mass is 10.2. The number of halogens is 1. The molecule has 1 amide bonds. The minimum absolute atomic E-state index is 0.0135. The summed E-state index contributed by atoms with van der Waals surface area (Å²) in [5.74, 6) is 2.21. The number of rotatable bonds is 9. The molecule has 0 bridgehead atoms. The van der Waals surface area contributed by atoms with Gasteiger partial charge in [-0.2, -0.15) is 0 Å². The summed E-state index contributed by atoms with van der Waals surface area (Å²) in [6.07, 6.45) is 2.62. The average Bonchev–Trinajstić information content (AvgIpc) is 3.32. The second kappa shape index (κ2) is 10.1. The molecular weight excluding hydrogens is 424 g/mol. The molecule has 2 aromatic heterocycles. The molecular formula is C17H17ClN4O2S3. The lowest BCUT2D eigenvalue weighted by Crippen LogP contribution is -2.25. The topological polar surface area (TPSA) is 80.9 Å². The summed E-state index contributed by atoms with van der Waals surface area (Å²) in [5, 5.41) is 11.7. The maximum absolute atomic E-state index is 11.6. The smallest absolute Gasteiger partial charge is 0.230 e. The number of oxazole rings is 1. The highest BCUT2D eigenvalue weighted by Gasteiger charge is 2.11. The zero-order chi connectivity index (χ0) is 19.1. The molecule has 6 nitrogen and oxygen atoms in total. The Morgan fingerprint density at radius 2 is 2.11 bits per heavy atom. The Hall–Kier alpha value is -1.55. The van der Waals surface area contributed by atoms with Crippen LogP contribution >= 0.6 is 46.5 Å². The van der Waals surface area contributed by atoms with Crippen LogP contribution in [0.15, 0.2) is 43.6 Å². The third-order valence-electron chi connectivity index (χ3n) is 3.27. The van der Waals surface area contributed by atoms with Gasteiger partial charge < -0.3 is 9.73 Å². The quantitative estimate of drug-likeness (QED) is 0.480. The van der Waals surface area contributed by atoms with E-state index in [-0.39, 0.29) is 5.91 Å². The lowest BCUT2D eigenvalue weighted by Gasteiger charge is -2.00. The van der Waals surface area contributed by atoms with E-state index in [1.165, 1.54) is 34.9 Å². The SMILES string of the molecule is CCCNC(=O)CSc1nnc(SCc2ncc(-c3cccc(Cl)c3)o2)s1. The number of amides is 1. The molecule has 10 heteroatoms. The molecule has 0 saturated heterocycles. The monoisotopic (exact) mass is 440 g/mol. The minimum Gasteiger partial charge on any atom is -0.440 e. The average molecular weight is 441 g/mol. The third-order valence-corrected chi connectivity index (χ3v) is 6.68. The van der Waals surface area contributed by atoms with Crippen LogP contribution in [0.4, 0.5) is 0 Å². The molecule has 0 aliphatic rings. The lowest BCUT2D eigenvalue weighted by molar-refractivity contribution is -0.118. The van der Waals surface area contributed by atoms with Crippen molar-refractivity contribution in [2.75, 3.05) is 12.3 Å². The van der Waals surface area contributed by atoms with Crippen molar-refractivity contribution in [3.05, 3.63) is 41.4 Å². The number of aromatic nitrogens is 3. The highest BCUT2D eigenvalue weighted by Crippen LogP contribution is 2.31. The second-order valence-corrected chi connectivity index (χ2v) is 9.25. The first-order chi connectivity index (χ1) is 13.1. The van der Waals surface area contributed by atoms with Crippen molar-refractivity contribution in [2.24, 2.45) is 0 Å². The van der Waals surface area contributed by atoms with Crippen molar-refractivity contribution in [1.82, 2.24) is 20.5 Å². The van der Waals surface area contributed by atoms with E-state index in [2.05, 4.69) is 20.5 Å². The summed E-state index contributed by atoms with van der Waals surface area (Å²) in [5.41, 5.74) is 0.891. The predicted molar refractivity (Wildman–Crippen MR) is 110 cm³/mol. The zero-order valence-corrected chi connectivity index (χ0v) is 17.7. The van der Waals surface area contributed by atoms with Gasteiger partial charge in [-0.1, -0.05) is 65.5 Å². The Morgan fingerprint density at radius 1 is 1.30 bits per heavy atom. The molecule has 1 aromatic carbocycles. The molecule has 0 spiro atoms. The van der Waals surface area contributed by atoms with Crippen LogP contribution in [0.5, 0.6) is 0 Å². The van der Waals surface area contributed by atoms with Crippen LogP contribution in [0.2, 0.25) is 5.02 Å². The standard InChI is InChI=1S/C17H17ClN4O2S3/c1-2-6-19-14(23)9-25-16-21-22-17(27-16)26-10-15-20-8-13(24-15)11-4-3-5-12(18)7-11/h3-5,7-8H,2,6,9-10H2,1H3,(H,19,23). The van der Waals surface area contributed by atoms with Crippen molar-refractivity contribution < 1.29 is 9.21 Å². The second-order valence-electron chi connectivity index (χ2n) is 5.39. The van der Waals surface area contributed by atoms with Crippen molar-refractivity contribution in [3.63, 3.8) is 0 Å². The van der Waals surface area contributed by atoms with Crippen molar-refractivity contribution >= 4 is 52.4 Å². The number of carbonyl (C=O) groups excluding carboxylic acids is 1. The number of carbonyl (C=O) groups is 1. The van der Waals surface area contributed by atoms with Gasteiger partial charge >= 0.3 is 0 Å². The molecule has 3 aromatic rings. The number of nitrogens with one attached hydrogen (secondary N) is 1. The van der Waals surface area contributed by atoms with Gasteiger partial charge in [0, 0.05) is 17.1 Å². The highest BCUT2D eigenvalue weighted by atomic mass is 35.5. The number of hydrogen-bond acceptors (Lipinski definition) is 8. The molecule has 2 heterocycles. The van der Waals surface area contributed by atoms with Gasteiger partial charge in [-0.05, 0) is 18.6 Å².